The van der Waals surface area contributed by atoms with Crippen molar-refractivity contribution < 1.29 is 68.0 Å². The van der Waals surface area contributed by atoms with Crippen LogP contribution in [0.3, 0.4) is 0 Å². The predicted molar refractivity (Wildman–Crippen MR) is 322 cm³/mol. The number of furan rings is 2. The third kappa shape index (κ3) is 14.9. The van der Waals surface area contributed by atoms with Gasteiger partial charge in [-0.2, -0.15) is 0 Å². The van der Waals surface area contributed by atoms with Crippen molar-refractivity contribution in [3.8, 4) is 67.3 Å². The number of para-hydroxylation sites is 1. The number of fused-ring (bicyclic) bond motifs is 6. The van der Waals surface area contributed by atoms with Gasteiger partial charge >= 0.3 is 0 Å². The largest absolute Gasteiger partial charge is 0.486 e. The summed E-state index contributed by atoms with van der Waals surface area (Å²) in [6, 6.07) is 75.4. The van der Waals surface area contributed by atoms with Crippen molar-refractivity contribution in [2.24, 2.45) is 0 Å². The van der Waals surface area contributed by atoms with Crippen molar-refractivity contribution in [2.45, 2.75) is 13.8 Å². The first kappa shape index (κ1) is 62.5. The fourth-order valence-corrected chi connectivity index (χ4v) is 8.90. The molecule has 8 aromatic heterocycles. The molecule has 0 spiro atoms. The Morgan fingerprint density at radius 1 is 0.369 bits per heavy atom. The second-order valence-electron chi connectivity index (χ2n) is 17.9. The summed E-state index contributed by atoms with van der Waals surface area (Å²) < 4.78 is 40.5. The van der Waals surface area contributed by atoms with E-state index in [-0.39, 0.29) is 51.8 Å². The molecule has 0 amide bonds. The standard InChI is InChI=1S/C23H15FN2O.C23H14FN2O.2C11H8N.2CH4O.2Ir/c2*1-14-9-10-18-17-6-4-7-19(22(17)27-23(18)26-14)21-13-15(11-12-25-21)16-5-2-3-8-20(16)24;2*1-2-6-10(7-3-1)11-8-4-5-9-12-11;2*1-2;;/h2-13H,1H3;2-6,8-13H,1H3;2*1-6,8-9H;2*2H,1H3;;/q;3*-1;;;;. The third-order valence-corrected chi connectivity index (χ3v) is 12.7. The van der Waals surface area contributed by atoms with Crippen LogP contribution in [0, 0.1) is 43.7 Å². The van der Waals surface area contributed by atoms with Crippen LogP contribution in [0.1, 0.15) is 11.4 Å². The van der Waals surface area contributed by atoms with Gasteiger partial charge in [-0.15, -0.1) is 90.0 Å². The molecule has 0 aliphatic carbocycles. The number of aliphatic hydroxyl groups excluding tert-OH is 2. The second-order valence-corrected chi connectivity index (χ2v) is 17.9. The maximum atomic E-state index is 14.2. The molecule has 14 heteroatoms. The topological polar surface area (TPSA) is 144 Å². The zero-order valence-electron chi connectivity index (χ0n) is 45.8. The molecule has 14 aromatic rings. The molecule has 6 aromatic carbocycles. The first-order valence-corrected chi connectivity index (χ1v) is 25.9. The number of aliphatic hydroxyl groups is 2. The number of hydrogen-bond donors (Lipinski definition) is 2. The smallest absolute Gasteiger partial charge is 0.227 e. The van der Waals surface area contributed by atoms with Crippen LogP contribution in [0.15, 0.2) is 246 Å². The van der Waals surface area contributed by atoms with Crippen LogP contribution < -0.4 is 0 Å². The van der Waals surface area contributed by atoms with E-state index in [4.69, 9.17) is 19.0 Å². The number of pyridine rings is 6. The number of benzene rings is 6. The number of aryl methyl sites for hydroxylation is 2. The number of halogens is 2. The molecular weight excluding hydrogens is 1410 g/mol. The van der Waals surface area contributed by atoms with Gasteiger partial charge in [0.1, 0.15) is 17.2 Å². The molecule has 422 valence electrons. The van der Waals surface area contributed by atoms with Gasteiger partial charge in [-0.05, 0) is 115 Å². The van der Waals surface area contributed by atoms with Crippen molar-refractivity contribution in [2.75, 3.05) is 14.2 Å². The predicted octanol–water partition coefficient (Wildman–Crippen LogP) is 16.4. The Hall–Kier alpha value is -9.10. The van der Waals surface area contributed by atoms with Gasteiger partial charge in [-0.1, -0.05) is 89.8 Å². The summed E-state index contributed by atoms with van der Waals surface area (Å²) in [4.78, 5) is 26.4. The molecule has 14 rings (SSSR count). The zero-order valence-corrected chi connectivity index (χ0v) is 50.6. The molecular formula is C70H53F2Ir2N6O4-3. The van der Waals surface area contributed by atoms with E-state index in [9.17, 15) is 8.78 Å². The van der Waals surface area contributed by atoms with E-state index in [2.05, 4.69) is 48.1 Å². The number of rotatable bonds is 6. The number of aromatic nitrogens is 6. The summed E-state index contributed by atoms with van der Waals surface area (Å²) in [5.74, 6) is -0.517. The van der Waals surface area contributed by atoms with Gasteiger partial charge in [0.2, 0.25) is 11.4 Å². The Labute approximate surface area is 512 Å². The third-order valence-electron chi connectivity index (χ3n) is 12.7. The van der Waals surface area contributed by atoms with Gasteiger partial charge in [0.15, 0.2) is 0 Å². The Morgan fingerprint density at radius 3 is 1.32 bits per heavy atom. The van der Waals surface area contributed by atoms with Crippen molar-refractivity contribution >= 4 is 44.1 Å². The van der Waals surface area contributed by atoms with E-state index >= 15 is 0 Å². The maximum Gasteiger partial charge on any atom is 0.227 e. The Kier molecular flexibility index (Phi) is 22.9. The molecule has 8 heterocycles. The summed E-state index contributed by atoms with van der Waals surface area (Å²) in [5.41, 5.74) is 14.1. The Morgan fingerprint density at radius 2 is 0.821 bits per heavy atom. The van der Waals surface area contributed by atoms with Gasteiger partial charge in [-0.25, -0.2) is 18.7 Å². The maximum absolute atomic E-state index is 14.2. The van der Waals surface area contributed by atoms with E-state index in [1.807, 2.05) is 184 Å². The molecule has 0 aliphatic heterocycles. The fraction of sp³-hybridized carbons (Fsp3) is 0.0571. The molecule has 10 nitrogen and oxygen atoms in total. The van der Waals surface area contributed by atoms with E-state index in [1.54, 1.807) is 55.1 Å². The van der Waals surface area contributed by atoms with Crippen molar-refractivity contribution in [1.29, 1.82) is 0 Å². The van der Waals surface area contributed by atoms with Crippen LogP contribution in [-0.4, -0.2) is 54.3 Å². The minimum atomic E-state index is -0.264. The fourth-order valence-electron chi connectivity index (χ4n) is 8.90. The van der Waals surface area contributed by atoms with Crippen LogP contribution in [0.5, 0.6) is 0 Å². The van der Waals surface area contributed by atoms with Gasteiger partial charge in [0.05, 0.1) is 11.3 Å². The van der Waals surface area contributed by atoms with Gasteiger partial charge in [0.25, 0.3) is 0 Å². The zero-order chi connectivity index (χ0) is 57.2. The second kappa shape index (κ2) is 30.8. The first-order chi connectivity index (χ1) is 40.3. The molecule has 0 unspecified atom stereocenters. The molecule has 0 bridgehead atoms. The SMILES string of the molecule is CO.CO.Cc1ccc2c(n1)oc1c(-c3cc(-c4ccccc4F)ccn3)[c-]ccc12.Cc1ccc2c(n1)oc1c(-c3cc(-c4ccccc4F)ccn3)cccc12.[Ir].[Ir].[c-]1ccccc1-c1ccccn1.[c-]1ccccc1-c1ccccn1. The summed E-state index contributed by atoms with van der Waals surface area (Å²) in [6.45, 7) is 3.87. The molecule has 0 saturated heterocycles. The Bertz CT molecular complexity index is 3990. The van der Waals surface area contributed by atoms with Crippen molar-refractivity contribution in [3.05, 3.63) is 278 Å². The number of nitrogens with zero attached hydrogens (tertiary/aromatic N) is 6. The van der Waals surface area contributed by atoms with Crippen LogP contribution in [0.25, 0.3) is 111 Å². The first-order valence-electron chi connectivity index (χ1n) is 25.9. The molecule has 2 radical (unpaired) electrons. The molecule has 2 N–H and O–H groups in total. The van der Waals surface area contributed by atoms with E-state index < -0.39 is 0 Å². The summed E-state index contributed by atoms with van der Waals surface area (Å²) in [7, 11) is 2.00. The average molecular weight is 1460 g/mol. The van der Waals surface area contributed by atoms with Crippen LogP contribution in [0.4, 0.5) is 8.78 Å². The van der Waals surface area contributed by atoms with E-state index in [1.165, 1.54) is 12.1 Å². The van der Waals surface area contributed by atoms with Gasteiger partial charge in [-0.3, -0.25) is 4.98 Å². The Balaban J connectivity index is 0.000000166. The summed E-state index contributed by atoms with van der Waals surface area (Å²) in [5, 5.41) is 17.9. The number of hydrogen-bond acceptors (Lipinski definition) is 10. The molecule has 0 fully saturated rings. The minimum Gasteiger partial charge on any atom is -0.486 e. The van der Waals surface area contributed by atoms with Crippen molar-refractivity contribution in [3.63, 3.8) is 0 Å². The van der Waals surface area contributed by atoms with E-state index in [0.717, 1.165) is 103 Å². The summed E-state index contributed by atoms with van der Waals surface area (Å²) >= 11 is 0. The summed E-state index contributed by atoms with van der Waals surface area (Å²) in [6.07, 6.45) is 6.95. The van der Waals surface area contributed by atoms with Gasteiger partial charge in [0, 0.05) is 123 Å². The van der Waals surface area contributed by atoms with Crippen LogP contribution >= 0.6 is 0 Å². The monoisotopic (exact) mass is 1470 g/mol. The van der Waals surface area contributed by atoms with Crippen LogP contribution in [-0.2, 0) is 40.2 Å². The minimum absolute atomic E-state index is 0. The van der Waals surface area contributed by atoms with Gasteiger partial charge < -0.3 is 34.0 Å². The quantitative estimate of drug-likeness (QED) is 0.154. The van der Waals surface area contributed by atoms with Crippen LogP contribution in [0.2, 0.25) is 0 Å². The van der Waals surface area contributed by atoms with E-state index in [0.29, 0.717) is 33.8 Å². The average Bonchev–Trinajstić information content (AvgIpc) is 2.04. The molecule has 0 saturated carbocycles. The normalized spacial score (nSPS) is 10.2. The molecule has 0 aliphatic rings. The van der Waals surface area contributed by atoms with Crippen molar-refractivity contribution in [1.82, 2.24) is 29.9 Å². The molecule has 84 heavy (non-hydrogen) atoms. The molecule has 0 atom stereocenters.